The van der Waals surface area contributed by atoms with Gasteiger partial charge in [0.25, 0.3) is 0 Å². The van der Waals surface area contributed by atoms with Gasteiger partial charge in [0, 0.05) is 13.1 Å². The van der Waals surface area contributed by atoms with Crippen LogP contribution in [0.5, 0.6) is 0 Å². The van der Waals surface area contributed by atoms with Crippen LogP contribution in [0.2, 0.25) is 0 Å². The second-order valence-electron chi connectivity index (χ2n) is 2.75. The van der Waals surface area contributed by atoms with E-state index >= 15 is 0 Å². The summed E-state index contributed by atoms with van der Waals surface area (Å²) in [5, 5.41) is 0. The quantitative estimate of drug-likeness (QED) is 0.558. The molecule has 70 valence electrons. The first-order valence-electron chi connectivity index (χ1n) is 3.86. The van der Waals surface area contributed by atoms with E-state index in [2.05, 4.69) is 4.36 Å². The average molecular weight is 190 g/mol. The minimum atomic E-state index is -0.154. The molecule has 0 aromatic heterocycles. The summed E-state index contributed by atoms with van der Waals surface area (Å²) in [6, 6.07) is -0.0911. The van der Waals surface area contributed by atoms with E-state index in [1.165, 1.54) is 0 Å². The fourth-order valence-corrected chi connectivity index (χ4v) is 1.40. The molecule has 5 heteroatoms. The standard InChI is InChI=1S/C7H14N2O2S/c1-12(2)8-7(10)9-3-5-11-6-4-9/h3-6H2,1-2H3. The van der Waals surface area contributed by atoms with Gasteiger partial charge < -0.3 is 9.64 Å². The zero-order valence-corrected chi connectivity index (χ0v) is 8.26. The minimum absolute atomic E-state index is 0.0911. The fourth-order valence-electron chi connectivity index (χ4n) is 0.969. The van der Waals surface area contributed by atoms with Crippen molar-refractivity contribution in [2.75, 3.05) is 38.8 Å². The molecule has 4 nitrogen and oxygen atoms in total. The highest BCUT2D eigenvalue weighted by molar-refractivity contribution is 7.86. The lowest BCUT2D eigenvalue weighted by Gasteiger charge is -2.24. The summed E-state index contributed by atoms with van der Waals surface area (Å²) in [5.74, 6) is 0. The third kappa shape index (κ3) is 2.91. The Labute approximate surface area is 75.0 Å². The molecule has 12 heavy (non-hydrogen) atoms. The molecule has 0 radical (unpaired) electrons. The molecular weight excluding hydrogens is 176 g/mol. The Bertz CT molecular complexity index is 196. The molecule has 1 fully saturated rings. The van der Waals surface area contributed by atoms with Crippen molar-refractivity contribution in [3.63, 3.8) is 0 Å². The van der Waals surface area contributed by atoms with E-state index in [0.29, 0.717) is 26.3 Å². The van der Waals surface area contributed by atoms with Gasteiger partial charge in [-0.2, -0.15) is 4.36 Å². The van der Waals surface area contributed by atoms with Gasteiger partial charge >= 0.3 is 6.03 Å². The molecule has 0 saturated carbocycles. The summed E-state index contributed by atoms with van der Waals surface area (Å²) < 4.78 is 9.08. The van der Waals surface area contributed by atoms with Gasteiger partial charge in [-0.05, 0) is 12.5 Å². The van der Waals surface area contributed by atoms with Crippen molar-refractivity contribution in [1.29, 1.82) is 0 Å². The number of amides is 2. The monoisotopic (exact) mass is 190 g/mol. The highest BCUT2D eigenvalue weighted by Gasteiger charge is 2.15. The van der Waals surface area contributed by atoms with Crippen LogP contribution in [0.4, 0.5) is 4.79 Å². The Morgan fingerprint density at radius 3 is 2.50 bits per heavy atom. The highest BCUT2D eigenvalue weighted by Crippen LogP contribution is 1.99. The van der Waals surface area contributed by atoms with Gasteiger partial charge in [0.05, 0.1) is 13.2 Å². The van der Waals surface area contributed by atoms with E-state index in [9.17, 15) is 4.79 Å². The predicted molar refractivity (Wildman–Crippen MR) is 49.4 cm³/mol. The molecule has 0 spiro atoms. The Balaban J connectivity index is 2.45. The van der Waals surface area contributed by atoms with Crippen molar-refractivity contribution >= 4 is 16.7 Å². The van der Waals surface area contributed by atoms with E-state index in [1.54, 1.807) is 4.90 Å². The van der Waals surface area contributed by atoms with Crippen molar-refractivity contribution < 1.29 is 9.53 Å². The number of carbonyl (C=O) groups is 1. The minimum Gasteiger partial charge on any atom is -0.378 e. The predicted octanol–water partition coefficient (Wildman–Crippen LogP) is 0.500. The van der Waals surface area contributed by atoms with E-state index in [0.717, 1.165) is 0 Å². The third-order valence-corrected chi connectivity index (χ3v) is 2.06. The molecule has 0 atom stereocenters. The normalized spacial score (nSPS) is 18.1. The summed E-state index contributed by atoms with van der Waals surface area (Å²) in [7, 11) is -0.154. The lowest BCUT2D eigenvalue weighted by Crippen LogP contribution is -2.39. The highest BCUT2D eigenvalue weighted by atomic mass is 32.2. The van der Waals surface area contributed by atoms with E-state index in [4.69, 9.17) is 4.74 Å². The first kappa shape index (κ1) is 9.67. The Morgan fingerprint density at radius 2 is 2.00 bits per heavy atom. The van der Waals surface area contributed by atoms with Crippen molar-refractivity contribution in [3.8, 4) is 0 Å². The molecule has 0 aromatic carbocycles. The van der Waals surface area contributed by atoms with Gasteiger partial charge in [0.2, 0.25) is 0 Å². The summed E-state index contributed by atoms with van der Waals surface area (Å²) in [4.78, 5) is 13.1. The van der Waals surface area contributed by atoms with Crippen molar-refractivity contribution in [1.82, 2.24) is 4.90 Å². The maximum Gasteiger partial charge on any atom is 0.349 e. The number of urea groups is 1. The summed E-state index contributed by atoms with van der Waals surface area (Å²) >= 11 is 0. The number of rotatable bonds is 0. The first-order chi connectivity index (χ1) is 5.70. The fraction of sp³-hybridized carbons (Fsp3) is 0.857. The van der Waals surface area contributed by atoms with E-state index in [-0.39, 0.29) is 16.7 Å². The number of hydrogen-bond acceptors (Lipinski definition) is 2. The lowest BCUT2D eigenvalue weighted by atomic mass is 10.4. The lowest BCUT2D eigenvalue weighted by molar-refractivity contribution is 0.0556. The zero-order chi connectivity index (χ0) is 8.97. The van der Waals surface area contributed by atoms with Gasteiger partial charge in [-0.3, -0.25) is 0 Å². The molecule has 0 aromatic rings. The van der Waals surface area contributed by atoms with Gasteiger partial charge in [-0.15, -0.1) is 0 Å². The SMILES string of the molecule is CS(C)=NC(=O)N1CCOCC1. The van der Waals surface area contributed by atoms with Gasteiger partial charge in [-0.1, -0.05) is 10.7 Å². The summed E-state index contributed by atoms with van der Waals surface area (Å²) in [6.45, 7) is 2.64. The maximum absolute atomic E-state index is 11.3. The van der Waals surface area contributed by atoms with Crippen LogP contribution < -0.4 is 0 Å². The van der Waals surface area contributed by atoms with Gasteiger partial charge in [0.1, 0.15) is 0 Å². The van der Waals surface area contributed by atoms with Crippen LogP contribution in [-0.2, 0) is 15.4 Å². The molecule has 0 N–H and O–H groups in total. The second-order valence-corrected chi connectivity index (χ2v) is 4.48. The molecule has 1 aliphatic rings. The second kappa shape index (κ2) is 4.57. The van der Waals surface area contributed by atoms with Crippen LogP contribution in [0.1, 0.15) is 0 Å². The van der Waals surface area contributed by atoms with Crippen LogP contribution in [0, 0.1) is 0 Å². The van der Waals surface area contributed by atoms with Crippen molar-refractivity contribution in [2.24, 2.45) is 4.36 Å². The average Bonchev–Trinajstić information content (AvgIpc) is 2.05. The topological polar surface area (TPSA) is 41.9 Å². The Hall–Kier alpha value is -0.420. The zero-order valence-electron chi connectivity index (χ0n) is 7.45. The molecule has 0 unspecified atom stereocenters. The van der Waals surface area contributed by atoms with Crippen LogP contribution in [0.25, 0.3) is 0 Å². The largest absolute Gasteiger partial charge is 0.378 e. The Kier molecular flexibility index (Phi) is 3.68. The number of carbonyl (C=O) groups excluding carboxylic acids is 1. The van der Waals surface area contributed by atoms with Crippen LogP contribution in [0.15, 0.2) is 4.36 Å². The molecular formula is C7H14N2O2S. The Morgan fingerprint density at radius 1 is 1.42 bits per heavy atom. The molecule has 2 amide bonds. The third-order valence-electron chi connectivity index (χ3n) is 1.54. The maximum atomic E-state index is 11.3. The number of hydrogen-bond donors (Lipinski definition) is 0. The summed E-state index contributed by atoms with van der Waals surface area (Å²) in [6.07, 6.45) is 3.86. The molecule has 1 heterocycles. The molecule has 1 saturated heterocycles. The van der Waals surface area contributed by atoms with Gasteiger partial charge in [0.15, 0.2) is 0 Å². The van der Waals surface area contributed by atoms with Gasteiger partial charge in [-0.25, -0.2) is 4.79 Å². The molecule has 1 rings (SSSR count). The smallest absolute Gasteiger partial charge is 0.349 e. The van der Waals surface area contributed by atoms with Crippen molar-refractivity contribution in [2.45, 2.75) is 0 Å². The number of morpholine rings is 1. The number of nitrogens with zero attached hydrogens (tertiary/aromatic N) is 2. The molecule has 1 aliphatic heterocycles. The molecule has 0 bridgehead atoms. The van der Waals surface area contributed by atoms with Crippen LogP contribution >= 0.6 is 0 Å². The van der Waals surface area contributed by atoms with E-state index < -0.39 is 0 Å². The van der Waals surface area contributed by atoms with E-state index in [1.807, 2.05) is 12.5 Å². The summed E-state index contributed by atoms with van der Waals surface area (Å²) in [5.41, 5.74) is 0. The van der Waals surface area contributed by atoms with Crippen molar-refractivity contribution in [3.05, 3.63) is 0 Å². The van der Waals surface area contributed by atoms with Crippen LogP contribution in [-0.4, -0.2) is 49.7 Å². The first-order valence-corrected chi connectivity index (χ1v) is 5.86. The van der Waals surface area contributed by atoms with Crippen LogP contribution in [0.3, 0.4) is 0 Å². The molecule has 0 aliphatic carbocycles. The number of ether oxygens (including phenoxy) is 1.